The van der Waals surface area contributed by atoms with Gasteiger partial charge in [0.15, 0.2) is 12.2 Å². The Kier molecular flexibility index (Phi) is 62.4. The first-order valence-electron chi connectivity index (χ1n) is 36.3. The molecule has 0 amide bonds. The topological polar surface area (TPSA) is 237 Å². The van der Waals surface area contributed by atoms with Crippen LogP contribution < -0.4 is 0 Å². The third-order valence-electron chi connectivity index (χ3n) is 16.1. The highest BCUT2D eigenvalue weighted by atomic mass is 31.2. The summed E-state index contributed by atoms with van der Waals surface area (Å²) in [4.78, 5) is 72.5. The smallest absolute Gasteiger partial charge is 0.462 e. The molecule has 0 aromatic rings. The summed E-state index contributed by atoms with van der Waals surface area (Å²) in [6.45, 7) is 4.93. The van der Waals surface area contributed by atoms with E-state index in [9.17, 15) is 43.2 Å². The minimum atomic E-state index is -4.95. The number of unbranched alkanes of at least 4 members (excludes halogenated alkanes) is 44. The summed E-state index contributed by atoms with van der Waals surface area (Å²) in [6, 6.07) is 0. The van der Waals surface area contributed by atoms with Crippen LogP contribution in [0.3, 0.4) is 0 Å². The van der Waals surface area contributed by atoms with Crippen molar-refractivity contribution in [2.75, 3.05) is 39.6 Å². The van der Waals surface area contributed by atoms with Gasteiger partial charge in [-0.3, -0.25) is 37.3 Å². The van der Waals surface area contributed by atoms with E-state index in [2.05, 4.69) is 27.7 Å². The predicted molar refractivity (Wildman–Crippen MR) is 354 cm³/mol. The van der Waals surface area contributed by atoms with Crippen molar-refractivity contribution in [3.05, 3.63) is 0 Å². The van der Waals surface area contributed by atoms with Crippen molar-refractivity contribution in [2.45, 2.75) is 380 Å². The largest absolute Gasteiger partial charge is 0.472 e. The quantitative estimate of drug-likeness (QED) is 0.0222. The number of hydrogen-bond donors (Lipinski definition) is 3. The summed E-state index contributed by atoms with van der Waals surface area (Å²) < 4.78 is 68.2. The minimum Gasteiger partial charge on any atom is -0.462 e. The number of aliphatic hydroxyl groups is 1. The molecule has 0 aliphatic rings. The number of ether oxygens (including phenoxy) is 4. The van der Waals surface area contributed by atoms with Crippen LogP contribution in [0.1, 0.15) is 362 Å². The second-order valence-electron chi connectivity index (χ2n) is 24.9. The Morgan fingerprint density at radius 3 is 0.670 bits per heavy atom. The van der Waals surface area contributed by atoms with Crippen LogP contribution in [-0.4, -0.2) is 96.7 Å². The lowest BCUT2D eigenvalue weighted by atomic mass is 10.0. The first kappa shape index (κ1) is 86.1. The molecule has 0 rings (SSSR count). The number of aliphatic hydroxyl groups excluding tert-OH is 1. The highest BCUT2D eigenvalue weighted by molar-refractivity contribution is 7.47. The molecule has 0 spiro atoms. The lowest BCUT2D eigenvalue weighted by Crippen LogP contribution is -2.30. The Morgan fingerprint density at radius 1 is 0.273 bits per heavy atom. The van der Waals surface area contributed by atoms with Gasteiger partial charge < -0.3 is 33.8 Å². The fourth-order valence-electron chi connectivity index (χ4n) is 10.5. The van der Waals surface area contributed by atoms with Gasteiger partial charge in [-0.15, -0.1) is 0 Å². The number of carbonyl (C=O) groups is 4. The Bertz CT molecular complexity index is 1690. The zero-order valence-corrected chi connectivity index (χ0v) is 58.5. The summed E-state index contributed by atoms with van der Waals surface area (Å²) in [7, 11) is -9.89. The molecule has 0 aromatic carbocycles. The van der Waals surface area contributed by atoms with Crippen molar-refractivity contribution in [3.8, 4) is 0 Å². The first-order chi connectivity index (χ1) is 42.7. The number of phosphoric ester groups is 2. The van der Waals surface area contributed by atoms with Crippen molar-refractivity contribution in [2.24, 2.45) is 0 Å². The van der Waals surface area contributed by atoms with Gasteiger partial charge in [-0.05, 0) is 25.7 Å². The summed E-state index contributed by atoms with van der Waals surface area (Å²) in [5.74, 6) is -2.12. The lowest BCUT2D eigenvalue weighted by molar-refractivity contribution is -0.161. The number of rotatable bonds is 70. The summed E-state index contributed by atoms with van der Waals surface area (Å²) in [6.07, 6.45) is 51.1. The normalized spacial score (nSPS) is 14.0. The molecular weight excluding hydrogens is 1160 g/mol. The molecule has 0 saturated heterocycles. The number of carbonyl (C=O) groups excluding carboxylic acids is 4. The molecule has 17 nitrogen and oxygen atoms in total. The predicted octanol–water partition coefficient (Wildman–Crippen LogP) is 19.9. The second kappa shape index (κ2) is 63.8. The SMILES string of the molecule is CCCCCCCCCCCCCCCC(=O)OC[C@H](COP(=O)(O)OC[C@@H](O)COP(=O)(O)OC[C@@H](COC(=O)CCCCCCCCCCC)OC(=O)CCCCCCCCCCCCCCC)OC(=O)CCCCCCCCCCCCCCC. The Labute approximate surface area is 537 Å². The van der Waals surface area contributed by atoms with Gasteiger partial charge in [0.05, 0.1) is 26.4 Å². The molecule has 3 N–H and O–H groups in total. The average Bonchev–Trinajstić information content (AvgIpc) is 3.70. The molecule has 0 radical (unpaired) electrons. The van der Waals surface area contributed by atoms with Crippen LogP contribution in [0.5, 0.6) is 0 Å². The summed E-state index contributed by atoms with van der Waals surface area (Å²) >= 11 is 0. The lowest BCUT2D eigenvalue weighted by Gasteiger charge is -2.21. The van der Waals surface area contributed by atoms with E-state index >= 15 is 0 Å². The Balaban J connectivity index is 5.23. The van der Waals surface area contributed by atoms with Gasteiger partial charge >= 0.3 is 39.5 Å². The molecule has 0 aliphatic heterocycles. The maximum Gasteiger partial charge on any atom is 0.472 e. The third-order valence-corrected chi connectivity index (χ3v) is 18.0. The summed E-state index contributed by atoms with van der Waals surface area (Å²) in [5.41, 5.74) is 0. The highest BCUT2D eigenvalue weighted by Crippen LogP contribution is 2.45. The van der Waals surface area contributed by atoms with Gasteiger partial charge in [0, 0.05) is 25.7 Å². The number of phosphoric acid groups is 2. The fourth-order valence-corrected chi connectivity index (χ4v) is 12.1. The van der Waals surface area contributed by atoms with Crippen molar-refractivity contribution in [1.29, 1.82) is 0 Å². The van der Waals surface area contributed by atoms with Crippen LogP contribution in [-0.2, 0) is 65.4 Å². The van der Waals surface area contributed by atoms with Crippen molar-refractivity contribution in [3.63, 3.8) is 0 Å². The average molecular weight is 1300 g/mol. The van der Waals surface area contributed by atoms with Crippen LogP contribution in [0.15, 0.2) is 0 Å². The number of hydrogen-bond acceptors (Lipinski definition) is 15. The molecule has 0 bridgehead atoms. The standard InChI is InChI=1S/C69H134O17P2/c1-5-9-13-17-21-25-28-31-34-38-42-46-50-54-67(72)80-60-65(86-69(74)56-52-48-44-40-36-33-30-27-23-19-15-11-7-3)62-84-88(77,78)82-58-63(70)57-81-87(75,76)83-61-64(59-79-66(71)53-49-45-41-37-24-20-16-12-8-4)85-68(73)55-51-47-43-39-35-32-29-26-22-18-14-10-6-2/h63-65,70H,5-62H2,1-4H3,(H,75,76)(H,77,78)/t63-,64+,65+/m0/s1. The summed E-state index contributed by atoms with van der Waals surface area (Å²) in [5, 5.41) is 10.6. The van der Waals surface area contributed by atoms with Gasteiger partial charge in [0.25, 0.3) is 0 Å². The molecule has 2 unspecified atom stereocenters. The van der Waals surface area contributed by atoms with E-state index in [1.165, 1.54) is 193 Å². The Hall–Kier alpha value is -1.94. The van der Waals surface area contributed by atoms with Crippen molar-refractivity contribution >= 4 is 39.5 Å². The maximum atomic E-state index is 13.0. The minimum absolute atomic E-state index is 0.108. The van der Waals surface area contributed by atoms with Gasteiger partial charge in [-0.25, -0.2) is 9.13 Å². The van der Waals surface area contributed by atoms with E-state index in [-0.39, 0.29) is 25.7 Å². The highest BCUT2D eigenvalue weighted by Gasteiger charge is 2.30. The third kappa shape index (κ3) is 62.8. The molecule has 88 heavy (non-hydrogen) atoms. The van der Waals surface area contributed by atoms with E-state index in [0.717, 1.165) is 89.9 Å². The van der Waals surface area contributed by atoms with Crippen molar-refractivity contribution < 1.29 is 80.2 Å². The molecule has 0 fully saturated rings. The molecule has 0 aliphatic carbocycles. The van der Waals surface area contributed by atoms with Gasteiger partial charge in [-0.1, -0.05) is 310 Å². The zero-order chi connectivity index (χ0) is 64.7. The monoisotopic (exact) mass is 1300 g/mol. The van der Waals surface area contributed by atoms with Crippen LogP contribution in [0.2, 0.25) is 0 Å². The zero-order valence-electron chi connectivity index (χ0n) is 56.7. The van der Waals surface area contributed by atoms with Gasteiger partial charge in [0.1, 0.15) is 19.3 Å². The van der Waals surface area contributed by atoms with Gasteiger partial charge in [-0.2, -0.15) is 0 Å². The molecule has 0 heterocycles. The van der Waals surface area contributed by atoms with E-state index in [1.807, 2.05) is 0 Å². The van der Waals surface area contributed by atoms with Crippen LogP contribution in [0.4, 0.5) is 0 Å². The van der Waals surface area contributed by atoms with E-state index in [0.29, 0.717) is 25.7 Å². The molecular formula is C69H134O17P2. The van der Waals surface area contributed by atoms with E-state index in [1.54, 1.807) is 0 Å². The molecule has 5 atom stereocenters. The molecule has 0 aromatic heterocycles. The van der Waals surface area contributed by atoms with Crippen LogP contribution in [0, 0.1) is 0 Å². The van der Waals surface area contributed by atoms with Crippen molar-refractivity contribution in [1.82, 2.24) is 0 Å². The van der Waals surface area contributed by atoms with Crippen LogP contribution in [0.25, 0.3) is 0 Å². The second-order valence-corrected chi connectivity index (χ2v) is 27.8. The van der Waals surface area contributed by atoms with Gasteiger partial charge in [0.2, 0.25) is 0 Å². The maximum absolute atomic E-state index is 13.0. The molecule has 522 valence electrons. The molecule has 0 saturated carbocycles. The number of esters is 4. The molecule has 19 heteroatoms. The Morgan fingerprint density at radius 2 is 0.455 bits per heavy atom. The first-order valence-corrected chi connectivity index (χ1v) is 39.3. The fraction of sp³-hybridized carbons (Fsp3) is 0.942. The van der Waals surface area contributed by atoms with E-state index in [4.69, 9.17) is 37.0 Å². The van der Waals surface area contributed by atoms with E-state index < -0.39 is 97.5 Å². The van der Waals surface area contributed by atoms with Crippen LogP contribution >= 0.6 is 15.6 Å².